The number of rotatable bonds is 6. The molecule has 1 fully saturated rings. The second-order valence-electron chi connectivity index (χ2n) is 6.99. The van der Waals surface area contributed by atoms with E-state index in [-0.39, 0.29) is 6.04 Å². The van der Waals surface area contributed by atoms with Crippen molar-refractivity contribution >= 4 is 34.9 Å². The van der Waals surface area contributed by atoms with Crippen LogP contribution in [0.1, 0.15) is 35.7 Å². The van der Waals surface area contributed by atoms with Gasteiger partial charge in [0.05, 0.1) is 23.4 Å². The van der Waals surface area contributed by atoms with E-state index in [0.717, 1.165) is 42.3 Å². The maximum atomic E-state index is 9.40. The summed E-state index contributed by atoms with van der Waals surface area (Å²) in [6.07, 6.45) is 3.73. The summed E-state index contributed by atoms with van der Waals surface area (Å²) < 4.78 is 0. The topological polar surface area (TPSA) is 105 Å². The van der Waals surface area contributed by atoms with Gasteiger partial charge < -0.3 is 15.4 Å². The van der Waals surface area contributed by atoms with Gasteiger partial charge in [0.15, 0.2) is 5.13 Å². The van der Waals surface area contributed by atoms with E-state index in [1.54, 1.807) is 24.4 Å². The van der Waals surface area contributed by atoms with Crippen LogP contribution in [0.2, 0.25) is 0 Å². The SMILES string of the molecule is N#Cc1ccnc(Nc2nc([C@@H]3CCCN3Cc3cccc(B(O)O)c3)cs2)c1. The average molecular weight is 405 g/mol. The highest BCUT2D eigenvalue weighted by Gasteiger charge is 2.28. The number of nitriles is 1. The van der Waals surface area contributed by atoms with Gasteiger partial charge in [0.25, 0.3) is 0 Å². The zero-order chi connectivity index (χ0) is 20.2. The number of hydrogen-bond donors (Lipinski definition) is 3. The summed E-state index contributed by atoms with van der Waals surface area (Å²) in [4.78, 5) is 11.4. The van der Waals surface area contributed by atoms with Gasteiger partial charge in [-0.2, -0.15) is 5.26 Å². The smallest absolute Gasteiger partial charge is 0.423 e. The van der Waals surface area contributed by atoms with Crippen molar-refractivity contribution in [1.82, 2.24) is 14.9 Å². The molecule has 4 rings (SSSR count). The zero-order valence-corrected chi connectivity index (χ0v) is 16.5. The van der Waals surface area contributed by atoms with Crippen LogP contribution < -0.4 is 10.8 Å². The number of nitrogens with one attached hydrogen (secondary N) is 1. The molecule has 1 atom stereocenters. The molecular formula is C20H20BN5O2S. The van der Waals surface area contributed by atoms with E-state index in [9.17, 15) is 10.0 Å². The Bertz CT molecular complexity index is 1040. The molecule has 29 heavy (non-hydrogen) atoms. The second-order valence-corrected chi connectivity index (χ2v) is 7.85. The molecule has 146 valence electrons. The highest BCUT2D eigenvalue weighted by molar-refractivity contribution is 7.13. The number of nitrogens with zero attached hydrogens (tertiary/aromatic N) is 4. The van der Waals surface area contributed by atoms with Gasteiger partial charge in [0, 0.05) is 18.1 Å². The van der Waals surface area contributed by atoms with E-state index in [4.69, 9.17) is 10.2 Å². The normalized spacial score (nSPS) is 16.5. The summed E-state index contributed by atoms with van der Waals surface area (Å²) in [7, 11) is -1.45. The van der Waals surface area contributed by atoms with Crippen LogP contribution in [0.3, 0.4) is 0 Å². The molecule has 0 spiro atoms. The Balaban J connectivity index is 1.46. The minimum absolute atomic E-state index is 0.225. The van der Waals surface area contributed by atoms with Gasteiger partial charge in [0.2, 0.25) is 0 Å². The Labute approximate surface area is 173 Å². The molecule has 3 heterocycles. The van der Waals surface area contributed by atoms with Crippen molar-refractivity contribution in [3.8, 4) is 6.07 Å². The van der Waals surface area contributed by atoms with Crippen LogP contribution >= 0.6 is 11.3 Å². The molecule has 0 unspecified atom stereocenters. The average Bonchev–Trinajstić information content (AvgIpc) is 3.37. The Morgan fingerprint density at radius 3 is 3.03 bits per heavy atom. The third-order valence-corrected chi connectivity index (χ3v) is 5.76. The predicted molar refractivity (Wildman–Crippen MR) is 113 cm³/mol. The number of thiazole rings is 1. The number of anilines is 2. The molecule has 0 aliphatic carbocycles. The lowest BCUT2D eigenvalue weighted by atomic mass is 9.79. The molecule has 1 aromatic carbocycles. The van der Waals surface area contributed by atoms with Gasteiger partial charge in [-0.3, -0.25) is 4.90 Å². The van der Waals surface area contributed by atoms with Crippen molar-refractivity contribution < 1.29 is 10.0 Å². The Morgan fingerprint density at radius 1 is 1.31 bits per heavy atom. The first kappa shape index (κ1) is 19.5. The fourth-order valence-electron chi connectivity index (χ4n) is 3.61. The Kier molecular flexibility index (Phi) is 5.88. The van der Waals surface area contributed by atoms with Crippen LogP contribution in [0.25, 0.3) is 0 Å². The molecule has 0 amide bonds. The van der Waals surface area contributed by atoms with Gasteiger partial charge in [-0.25, -0.2) is 9.97 Å². The summed E-state index contributed by atoms with van der Waals surface area (Å²) in [6.45, 7) is 1.71. The van der Waals surface area contributed by atoms with Crippen LogP contribution in [0.5, 0.6) is 0 Å². The van der Waals surface area contributed by atoms with E-state index in [0.29, 0.717) is 16.8 Å². The van der Waals surface area contributed by atoms with Crippen molar-refractivity contribution in [2.24, 2.45) is 0 Å². The summed E-state index contributed by atoms with van der Waals surface area (Å²) in [5, 5.41) is 33.8. The molecule has 0 saturated carbocycles. The first-order chi connectivity index (χ1) is 14.1. The maximum absolute atomic E-state index is 9.40. The van der Waals surface area contributed by atoms with Gasteiger partial charge in [0.1, 0.15) is 5.82 Å². The van der Waals surface area contributed by atoms with Gasteiger partial charge in [-0.05, 0) is 42.5 Å². The summed E-state index contributed by atoms with van der Waals surface area (Å²) >= 11 is 1.52. The van der Waals surface area contributed by atoms with Crippen molar-refractivity contribution in [3.63, 3.8) is 0 Å². The maximum Gasteiger partial charge on any atom is 0.488 e. The number of pyridine rings is 1. The molecule has 1 aliphatic rings. The number of benzene rings is 1. The summed E-state index contributed by atoms with van der Waals surface area (Å²) in [5.74, 6) is 0.604. The molecule has 3 N–H and O–H groups in total. The molecule has 1 saturated heterocycles. The third kappa shape index (κ3) is 4.63. The minimum Gasteiger partial charge on any atom is -0.423 e. The molecular weight excluding hydrogens is 385 g/mol. The van der Waals surface area contributed by atoms with Crippen molar-refractivity contribution in [1.29, 1.82) is 5.26 Å². The van der Waals surface area contributed by atoms with Crippen molar-refractivity contribution in [2.75, 3.05) is 11.9 Å². The Hall–Kier alpha value is -2.77. The van der Waals surface area contributed by atoms with E-state index in [2.05, 4.69) is 26.6 Å². The molecule has 3 aromatic rings. The van der Waals surface area contributed by atoms with E-state index in [1.807, 2.05) is 18.2 Å². The standard InChI is InChI=1S/C20H20BN5O2S/c22-11-14-6-7-23-19(10-14)25-20-24-17(13-29-20)18-5-2-8-26(18)12-15-3-1-4-16(9-15)21(27)28/h1,3-4,6-7,9-10,13,18,27-28H,2,5,8,12H2,(H,23,24,25)/t18-/m0/s1. The van der Waals surface area contributed by atoms with Crippen LogP contribution in [0.4, 0.5) is 10.9 Å². The lowest BCUT2D eigenvalue weighted by Crippen LogP contribution is -2.30. The summed E-state index contributed by atoms with van der Waals surface area (Å²) in [6, 6.07) is 13.1. The largest absolute Gasteiger partial charge is 0.488 e. The molecule has 0 bridgehead atoms. The fraction of sp³-hybridized carbons (Fsp3) is 0.250. The highest BCUT2D eigenvalue weighted by atomic mass is 32.1. The number of aromatic nitrogens is 2. The highest BCUT2D eigenvalue weighted by Crippen LogP contribution is 2.35. The first-order valence-corrected chi connectivity index (χ1v) is 10.3. The van der Waals surface area contributed by atoms with Gasteiger partial charge in [-0.15, -0.1) is 11.3 Å². The molecule has 7 nitrogen and oxygen atoms in total. The van der Waals surface area contributed by atoms with Crippen molar-refractivity contribution in [2.45, 2.75) is 25.4 Å². The van der Waals surface area contributed by atoms with Crippen molar-refractivity contribution in [3.05, 3.63) is 64.8 Å². The van der Waals surface area contributed by atoms with E-state index in [1.165, 1.54) is 11.3 Å². The van der Waals surface area contributed by atoms with Gasteiger partial charge >= 0.3 is 7.12 Å². The quantitative estimate of drug-likeness (QED) is 0.540. The summed E-state index contributed by atoms with van der Waals surface area (Å²) in [5.41, 5.74) is 3.13. The predicted octanol–water partition coefficient (Wildman–Crippen LogP) is 2.17. The molecule has 9 heteroatoms. The molecule has 1 aliphatic heterocycles. The van der Waals surface area contributed by atoms with Crippen LogP contribution in [0, 0.1) is 11.3 Å². The van der Waals surface area contributed by atoms with E-state index >= 15 is 0 Å². The van der Waals surface area contributed by atoms with Crippen LogP contribution in [-0.2, 0) is 6.54 Å². The monoisotopic (exact) mass is 405 g/mol. The zero-order valence-electron chi connectivity index (χ0n) is 15.7. The molecule has 0 radical (unpaired) electrons. The second kappa shape index (κ2) is 8.72. The fourth-order valence-corrected chi connectivity index (χ4v) is 4.38. The molecule has 2 aromatic heterocycles. The minimum atomic E-state index is -1.45. The third-order valence-electron chi connectivity index (χ3n) is 4.99. The van der Waals surface area contributed by atoms with E-state index < -0.39 is 7.12 Å². The lowest BCUT2D eigenvalue weighted by Gasteiger charge is -2.23. The van der Waals surface area contributed by atoms with Crippen LogP contribution in [0.15, 0.2) is 48.0 Å². The van der Waals surface area contributed by atoms with Gasteiger partial charge in [-0.1, -0.05) is 24.3 Å². The number of hydrogen-bond acceptors (Lipinski definition) is 8. The number of likely N-dealkylation sites (tertiary alicyclic amines) is 1. The lowest BCUT2D eigenvalue weighted by molar-refractivity contribution is 0.245. The van der Waals surface area contributed by atoms with Crippen LogP contribution in [-0.4, -0.2) is 38.6 Å². The Morgan fingerprint density at radius 2 is 2.21 bits per heavy atom. The first-order valence-electron chi connectivity index (χ1n) is 9.40.